The summed E-state index contributed by atoms with van der Waals surface area (Å²) in [5.41, 5.74) is 4.62. The number of carbonyl (C=O) groups excluding carboxylic acids is 1. The highest BCUT2D eigenvalue weighted by molar-refractivity contribution is 5.98. The van der Waals surface area contributed by atoms with Crippen molar-refractivity contribution in [2.24, 2.45) is 4.99 Å². The number of hydrazine groups is 1. The molecule has 0 aliphatic carbocycles. The van der Waals surface area contributed by atoms with Gasteiger partial charge in [0.2, 0.25) is 0 Å². The number of nitro groups is 1. The van der Waals surface area contributed by atoms with E-state index in [9.17, 15) is 14.9 Å². The first-order valence-electron chi connectivity index (χ1n) is 9.80. The van der Waals surface area contributed by atoms with Gasteiger partial charge in [-0.2, -0.15) is 0 Å². The molecule has 0 aromatic heterocycles. The van der Waals surface area contributed by atoms with Crippen LogP contribution in [0.2, 0.25) is 0 Å². The molecule has 0 fully saturated rings. The van der Waals surface area contributed by atoms with Gasteiger partial charge in [-0.1, -0.05) is 41.8 Å². The summed E-state index contributed by atoms with van der Waals surface area (Å²) in [5, 5.41) is 12.9. The van der Waals surface area contributed by atoms with Crippen LogP contribution < -0.4 is 20.2 Å². The summed E-state index contributed by atoms with van der Waals surface area (Å²) >= 11 is 0. The van der Waals surface area contributed by atoms with Crippen LogP contribution in [0.3, 0.4) is 0 Å². The number of hydrogen-bond donors (Lipinski definition) is 2. The number of aliphatic imine (C=N–C) groups is 1. The van der Waals surface area contributed by atoms with Crippen LogP contribution in [-0.4, -0.2) is 23.4 Å². The third-order valence-electron chi connectivity index (χ3n) is 4.64. The van der Waals surface area contributed by atoms with Gasteiger partial charge >= 0.3 is 0 Å². The first kappa shape index (κ1) is 21.8. The van der Waals surface area contributed by atoms with Gasteiger partial charge in [0, 0.05) is 11.3 Å². The number of ketones is 1. The smallest absolute Gasteiger partial charge is 0.259 e. The molecule has 0 saturated carbocycles. The van der Waals surface area contributed by atoms with Crippen molar-refractivity contribution in [3.63, 3.8) is 0 Å². The topological polar surface area (TPSA) is 115 Å². The van der Waals surface area contributed by atoms with Crippen LogP contribution in [0.15, 0.2) is 64.8 Å². The van der Waals surface area contributed by atoms with Gasteiger partial charge in [0.25, 0.3) is 5.96 Å². The van der Waals surface area contributed by atoms with Gasteiger partial charge < -0.3 is 14.8 Å². The molecule has 0 amide bonds. The van der Waals surface area contributed by atoms with Gasteiger partial charge in [-0.3, -0.25) is 4.79 Å². The zero-order valence-corrected chi connectivity index (χ0v) is 17.5. The summed E-state index contributed by atoms with van der Waals surface area (Å²) in [7, 11) is 0. The second-order valence-corrected chi connectivity index (χ2v) is 6.88. The Kier molecular flexibility index (Phi) is 6.86. The highest BCUT2D eigenvalue weighted by Gasteiger charge is 2.29. The summed E-state index contributed by atoms with van der Waals surface area (Å²) in [6.07, 6.45) is 0. The Bertz CT molecular complexity index is 1030. The largest absolute Gasteiger partial charge is 0.490 e. The molecule has 0 radical (unpaired) electrons. The molecule has 2 aromatic carbocycles. The normalized spacial score (nSPS) is 15.6. The molecule has 1 atom stereocenters. The van der Waals surface area contributed by atoms with Crippen molar-refractivity contribution in [1.29, 1.82) is 0 Å². The second-order valence-electron chi connectivity index (χ2n) is 6.88. The van der Waals surface area contributed by atoms with E-state index >= 15 is 0 Å². The minimum atomic E-state index is -0.719. The van der Waals surface area contributed by atoms with Crippen LogP contribution >= 0.6 is 0 Å². The average molecular weight is 424 g/mol. The van der Waals surface area contributed by atoms with Crippen molar-refractivity contribution in [3.05, 3.63) is 81.0 Å². The minimum absolute atomic E-state index is 0.0418. The number of carbonyl (C=O) groups is 1. The Morgan fingerprint density at radius 1 is 1.19 bits per heavy atom. The van der Waals surface area contributed by atoms with Gasteiger partial charge in [-0.25, -0.2) is 15.1 Å². The minimum Gasteiger partial charge on any atom is -0.490 e. The zero-order chi connectivity index (χ0) is 22.4. The molecule has 2 aromatic rings. The molecule has 1 aliphatic rings. The molecule has 9 nitrogen and oxygen atoms in total. The number of ether oxygens (including phenoxy) is 2. The van der Waals surface area contributed by atoms with Crippen molar-refractivity contribution in [2.45, 2.75) is 33.4 Å². The van der Waals surface area contributed by atoms with E-state index in [1.807, 2.05) is 42.7 Å². The number of nitrogens with one attached hydrogen (secondary N) is 2. The lowest BCUT2D eigenvalue weighted by Crippen LogP contribution is -2.43. The molecule has 0 saturated heterocycles. The molecule has 2 N–H and O–H groups in total. The Labute approximate surface area is 179 Å². The van der Waals surface area contributed by atoms with Gasteiger partial charge in [-0.05, 0) is 44.0 Å². The van der Waals surface area contributed by atoms with Crippen LogP contribution in [0.25, 0.3) is 0 Å². The van der Waals surface area contributed by atoms with Crippen molar-refractivity contribution in [2.75, 3.05) is 6.61 Å². The lowest BCUT2D eigenvalue weighted by Gasteiger charge is -2.25. The van der Waals surface area contributed by atoms with Crippen LogP contribution in [0.5, 0.6) is 11.5 Å². The first-order chi connectivity index (χ1) is 14.9. The first-order valence-corrected chi connectivity index (χ1v) is 9.80. The second kappa shape index (κ2) is 9.75. The fourth-order valence-corrected chi connectivity index (χ4v) is 3.33. The highest BCUT2D eigenvalue weighted by atomic mass is 16.7. The van der Waals surface area contributed by atoms with Crippen LogP contribution in [0.4, 0.5) is 0 Å². The van der Waals surface area contributed by atoms with Gasteiger partial charge in [0.1, 0.15) is 12.6 Å². The zero-order valence-electron chi connectivity index (χ0n) is 17.5. The lowest BCUT2D eigenvalue weighted by atomic mass is 9.93. The maximum atomic E-state index is 12.3. The summed E-state index contributed by atoms with van der Waals surface area (Å²) in [5.74, 6) is 0.844. The molecule has 31 heavy (non-hydrogen) atoms. The standard InChI is InChI=1S/C22H24N4O5/c1-4-30-19-12-17(10-11-18(19)31-13-16-8-6-5-7-9-16)21-20(15(3)27)14(2)23-22(24-21)25-26(28)29/h5-12,21H,4,13H2,1-3H3,(H2,23,24,25)/t21-/m1/s1. The summed E-state index contributed by atoms with van der Waals surface area (Å²) in [4.78, 5) is 27.5. The van der Waals surface area contributed by atoms with Crippen molar-refractivity contribution in [1.82, 2.24) is 10.7 Å². The summed E-state index contributed by atoms with van der Waals surface area (Å²) < 4.78 is 11.7. The number of hydrogen-bond acceptors (Lipinski definition) is 7. The van der Waals surface area contributed by atoms with E-state index in [-0.39, 0.29) is 11.7 Å². The van der Waals surface area contributed by atoms with Crippen molar-refractivity contribution in [3.8, 4) is 11.5 Å². The summed E-state index contributed by atoms with van der Waals surface area (Å²) in [6.45, 7) is 5.78. The average Bonchev–Trinajstić information content (AvgIpc) is 2.72. The molecule has 0 spiro atoms. The van der Waals surface area contributed by atoms with Crippen LogP contribution in [-0.2, 0) is 11.4 Å². The molecule has 1 aliphatic heterocycles. The maximum Gasteiger partial charge on any atom is 0.259 e. The molecule has 0 bridgehead atoms. The predicted octanol–water partition coefficient (Wildman–Crippen LogP) is 3.31. The molecule has 3 rings (SSSR count). The fraction of sp³-hybridized carbons (Fsp3) is 0.273. The molecule has 0 unspecified atom stereocenters. The molecule has 9 heteroatoms. The Balaban J connectivity index is 1.94. The number of benzene rings is 2. The lowest BCUT2D eigenvalue weighted by molar-refractivity contribution is -0.525. The van der Waals surface area contributed by atoms with E-state index < -0.39 is 11.1 Å². The Hall–Kier alpha value is -3.88. The molecule has 162 valence electrons. The molecular formula is C22H24N4O5. The number of nitrogens with zero attached hydrogens (tertiary/aromatic N) is 2. The van der Waals surface area contributed by atoms with Crippen LogP contribution in [0, 0.1) is 10.1 Å². The summed E-state index contributed by atoms with van der Waals surface area (Å²) in [6, 6.07) is 14.3. The van der Waals surface area contributed by atoms with Gasteiger partial charge in [-0.15, -0.1) is 0 Å². The van der Waals surface area contributed by atoms with E-state index in [0.717, 1.165) is 5.56 Å². The number of guanidine groups is 1. The van der Waals surface area contributed by atoms with E-state index in [1.54, 1.807) is 25.1 Å². The van der Waals surface area contributed by atoms with Crippen LogP contribution in [0.1, 0.15) is 37.9 Å². The predicted molar refractivity (Wildman–Crippen MR) is 115 cm³/mol. The van der Waals surface area contributed by atoms with E-state index in [2.05, 4.69) is 10.3 Å². The highest BCUT2D eigenvalue weighted by Crippen LogP contribution is 2.37. The van der Waals surface area contributed by atoms with E-state index in [0.29, 0.717) is 41.5 Å². The number of allylic oxidation sites excluding steroid dienone is 1. The fourth-order valence-electron chi connectivity index (χ4n) is 3.33. The quantitative estimate of drug-likeness (QED) is 0.493. The number of rotatable bonds is 8. The van der Waals surface area contributed by atoms with Crippen molar-refractivity contribution >= 4 is 11.7 Å². The third-order valence-corrected chi connectivity index (χ3v) is 4.64. The Morgan fingerprint density at radius 3 is 2.58 bits per heavy atom. The molecular weight excluding hydrogens is 400 g/mol. The Morgan fingerprint density at radius 2 is 1.94 bits per heavy atom. The van der Waals surface area contributed by atoms with Crippen molar-refractivity contribution < 1.29 is 19.3 Å². The van der Waals surface area contributed by atoms with Gasteiger partial charge in [0.05, 0.1) is 6.61 Å². The van der Waals surface area contributed by atoms with E-state index in [1.165, 1.54) is 6.92 Å². The maximum absolute atomic E-state index is 12.3. The van der Waals surface area contributed by atoms with Gasteiger partial charge in [0.15, 0.2) is 22.3 Å². The third kappa shape index (κ3) is 5.39. The SMILES string of the molecule is CCOc1cc([C@H]2N=C(N[N+](=O)[O-])NC(C)=C2C(C)=O)ccc1OCc1ccccc1. The number of Topliss-reactive ketones (excluding diaryl/α,β-unsaturated/α-hetero) is 1. The monoisotopic (exact) mass is 424 g/mol. The molecule has 1 heterocycles. The van der Waals surface area contributed by atoms with E-state index in [4.69, 9.17) is 9.47 Å².